The van der Waals surface area contributed by atoms with Gasteiger partial charge in [0.1, 0.15) is 25.1 Å². The maximum absolute atomic E-state index is 5.91. The highest BCUT2D eigenvalue weighted by Crippen LogP contribution is 2.41. The summed E-state index contributed by atoms with van der Waals surface area (Å²) >= 11 is 0. The van der Waals surface area contributed by atoms with E-state index in [-0.39, 0.29) is 18.2 Å². The zero-order chi connectivity index (χ0) is 10.2. The van der Waals surface area contributed by atoms with Crippen LogP contribution in [0.2, 0.25) is 6.82 Å². The van der Waals surface area contributed by atoms with Gasteiger partial charge in [0.25, 0.3) is 0 Å². The maximum atomic E-state index is 5.91. The van der Waals surface area contributed by atoms with E-state index in [1.54, 1.807) is 14.2 Å². The van der Waals surface area contributed by atoms with Crippen molar-refractivity contribution in [1.29, 1.82) is 0 Å². The molecule has 4 nitrogen and oxygen atoms in total. The molecule has 2 fully saturated rings. The van der Waals surface area contributed by atoms with E-state index < -0.39 is 5.60 Å². The topological polar surface area (TPSA) is 36.9 Å². The Balaban J connectivity index is 2.15. The Kier molecular flexibility index (Phi) is 2.84. The number of methoxy groups -OCH3 is 2. The first-order valence-electron chi connectivity index (χ1n) is 4.88. The zero-order valence-corrected chi connectivity index (χ0v) is 8.86. The smallest absolute Gasteiger partial charge is 0.149 e. The van der Waals surface area contributed by atoms with E-state index in [2.05, 4.69) is 0 Å². The summed E-state index contributed by atoms with van der Waals surface area (Å²) in [6.07, 6.45) is 0.0174. The summed E-state index contributed by atoms with van der Waals surface area (Å²) in [5.74, 6) is 0. The van der Waals surface area contributed by atoms with Crippen LogP contribution in [0, 0.1) is 0 Å². The first kappa shape index (κ1) is 10.4. The van der Waals surface area contributed by atoms with E-state index in [0.29, 0.717) is 13.2 Å². The molecule has 2 heterocycles. The van der Waals surface area contributed by atoms with Gasteiger partial charge in [-0.15, -0.1) is 0 Å². The first-order valence-corrected chi connectivity index (χ1v) is 4.88. The largest absolute Gasteiger partial charge is 0.381 e. The lowest BCUT2D eigenvalue weighted by molar-refractivity contribution is -0.144. The molecule has 0 saturated carbocycles. The molecular weight excluding hydrogens is 183 g/mol. The second-order valence-electron chi connectivity index (χ2n) is 3.85. The first-order chi connectivity index (χ1) is 6.77. The van der Waals surface area contributed by atoms with Crippen LogP contribution in [0.25, 0.3) is 0 Å². The van der Waals surface area contributed by atoms with Gasteiger partial charge in [-0.05, 0) is 0 Å². The highest BCUT2D eigenvalue weighted by atomic mass is 16.7. The third kappa shape index (κ3) is 1.31. The number of ether oxygens (including phenoxy) is 4. The normalized spacial score (nSPS) is 45.8. The minimum absolute atomic E-state index is 0.0105. The Labute approximate surface area is 85.1 Å². The van der Waals surface area contributed by atoms with Crippen LogP contribution in [0.15, 0.2) is 0 Å². The van der Waals surface area contributed by atoms with Gasteiger partial charge in [0, 0.05) is 14.2 Å². The molecule has 4 atom stereocenters. The fourth-order valence-electron chi connectivity index (χ4n) is 2.42. The highest BCUT2D eigenvalue weighted by molar-refractivity contribution is 6.35. The predicted molar refractivity (Wildman–Crippen MR) is 51.6 cm³/mol. The van der Waals surface area contributed by atoms with Crippen LogP contribution in [0.4, 0.5) is 0 Å². The van der Waals surface area contributed by atoms with Crippen molar-refractivity contribution in [3.63, 3.8) is 0 Å². The summed E-state index contributed by atoms with van der Waals surface area (Å²) in [4.78, 5) is 0. The standard InChI is InChI=1S/C9H16BO4/c1-10-8-6-7(12-3)9(14-8,4-11-2)5-13-6/h6-8H,4-5H2,1-3H3. The van der Waals surface area contributed by atoms with Crippen molar-refractivity contribution in [1.82, 2.24) is 0 Å². The van der Waals surface area contributed by atoms with Gasteiger partial charge < -0.3 is 18.9 Å². The van der Waals surface area contributed by atoms with E-state index in [4.69, 9.17) is 18.9 Å². The number of fused-ring (bicyclic) bond motifs is 2. The monoisotopic (exact) mass is 199 g/mol. The van der Waals surface area contributed by atoms with Gasteiger partial charge in [0.15, 0.2) is 0 Å². The molecule has 14 heavy (non-hydrogen) atoms. The molecule has 0 amide bonds. The van der Waals surface area contributed by atoms with Gasteiger partial charge >= 0.3 is 0 Å². The average molecular weight is 199 g/mol. The summed E-state index contributed by atoms with van der Waals surface area (Å²) in [5, 5.41) is 0. The summed E-state index contributed by atoms with van der Waals surface area (Å²) in [6, 6.07) is 0.0313. The van der Waals surface area contributed by atoms with E-state index in [1.165, 1.54) is 0 Å². The molecule has 5 heteroatoms. The van der Waals surface area contributed by atoms with Gasteiger partial charge in [-0.1, -0.05) is 6.82 Å². The van der Waals surface area contributed by atoms with Crippen LogP contribution in [0.5, 0.6) is 0 Å². The molecule has 1 radical (unpaired) electrons. The quantitative estimate of drug-likeness (QED) is 0.592. The van der Waals surface area contributed by atoms with E-state index >= 15 is 0 Å². The molecule has 0 spiro atoms. The van der Waals surface area contributed by atoms with Crippen molar-refractivity contribution in [2.24, 2.45) is 0 Å². The van der Waals surface area contributed by atoms with E-state index in [1.807, 2.05) is 14.1 Å². The van der Waals surface area contributed by atoms with Crippen molar-refractivity contribution in [2.45, 2.75) is 30.6 Å². The van der Waals surface area contributed by atoms with Crippen molar-refractivity contribution in [3.05, 3.63) is 0 Å². The molecule has 4 unspecified atom stereocenters. The fourth-order valence-corrected chi connectivity index (χ4v) is 2.42. The molecule has 0 aliphatic carbocycles. The molecule has 2 rings (SSSR count). The molecule has 0 aromatic carbocycles. The van der Waals surface area contributed by atoms with Crippen LogP contribution in [-0.4, -0.2) is 58.5 Å². The zero-order valence-electron chi connectivity index (χ0n) is 8.86. The molecule has 79 valence electrons. The summed E-state index contributed by atoms with van der Waals surface area (Å²) < 4.78 is 22.2. The third-order valence-electron chi connectivity index (χ3n) is 3.00. The molecule has 2 bridgehead atoms. The third-order valence-corrected chi connectivity index (χ3v) is 3.00. The maximum Gasteiger partial charge on any atom is 0.149 e. The molecule has 2 aliphatic heterocycles. The van der Waals surface area contributed by atoms with Crippen molar-refractivity contribution >= 4 is 7.28 Å². The predicted octanol–water partition coefficient (Wildman–Crippen LogP) is -0.106. The fraction of sp³-hybridized carbons (Fsp3) is 1.00. The number of hydrogen-bond donors (Lipinski definition) is 0. The van der Waals surface area contributed by atoms with Gasteiger partial charge in [0.05, 0.1) is 19.2 Å². The van der Waals surface area contributed by atoms with Gasteiger partial charge in [-0.2, -0.15) is 0 Å². The van der Waals surface area contributed by atoms with E-state index in [9.17, 15) is 0 Å². The van der Waals surface area contributed by atoms with Crippen LogP contribution < -0.4 is 0 Å². The Morgan fingerprint density at radius 2 is 2.29 bits per heavy atom. The minimum atomic E-state index is -0.397. The second-order valence-corrected chi connectivity index (χ2v) is 3.85. The summed E-state index contributed by atoms with van der Waals surface area (Å²) in [7, 11) is 5.37. The van der Waals surface area contributed by atoms with Crippen molar-refractivity contribution in [2.75, 3.05) is 27.4 Å². The molecular formula is C9H16BO4. The Hall–Kier alpha value is -0.0951. The Bertz CT molecular complexity index is 213. The lowest BCUT2D eigenvalue weighted by Crippen LogP contribution is -2.46. The lowest BCUT2D eigenvalue weighted by Gasteiger charge is -2.30. The molecule has 0 aromatic rings. The van der Waals surface area contributed by atoms with Gasteiger partial charge in [-0.25, -0.2) is 0 Å². The van der Waals surface area contributed by atoms with Crippen molar-refractivity contribution in [3.8, 4) is 0 Å². The van der Waals surface area contributed by atoms with Crippen LogP contribution >= 0.6 is 0 Å². The molecule has 0 aromatic heterocycles. The lowest BCUT2D eigenvalue weighted by atomic mass is 9.72. The Morgan fingerprint density at radius 3 is 2.86 bits per heavy atom. The summed E-state index contributed by atoms with van der Waals surface area (Å²) in [6.45, 7) is 3.06. The number of rotatable bonds is 4. The Morgan fingerprint density at radius 1 is 1.50 bits per heavy atom. The molecule has 2 saturated heterocycles. The summed E-state index contributed by atoms with van der Waals surface area (Å²) in [5.41, 5.74) is -0.397. The van der Waals surface area contributed by atoms with Crippen LogP contribution in [0.1, 0.15) is 0 Å². The van der Waals surface area contributed by atoms with Crippen LogP contribution in [-0.2, 0) is 18.9 Å². The van der Waals surface area contributed by atoms with E-state index in [0.717, 1.165) is 0 Å². The minimum Gasteiger partial charge on any atom is -0.381 e. The van der Waals surface area contributed by atoms with Crippen molar-refractivity contribution < 1.29 is 18.9 Å². The highest BCUT2D eigenvalue weighted by Gasteiger charge is 2.61. The number of hydrogen-bond acceptors (Lipinski definition) is 4. The van der Waals surface area contributed by atoms with Crippen LogP contribution in [0.3, 0.4) is 0 Å². The molecule has 2 aliphatic rings. The average Bonchev–Trinajstić information content (AvgIpc) is 2.69. The van der Waals surface area contributed by atoms with Gasteiger partial charge in [0.2, 0.25) is 0 Å². The van der Waals surface area contributed by atoms with Gasteiger partial charge in [-0.3, -0.25) is 0 Å². The SMILES string of the molecule is C[B]C1OC2(COC)COC1C2OC. The second kappa shape index (κ2) is 3.81. The molecule has 0 N–H and O–H groups in total.